The Bertz CT molecular complexity index is 879. The molecule has 0 atom stereocenters. The first-order chi connectivity index (χ1) is 12.2. The van der Waals surface area contributed by atoms with Crippen molar-refractivity contribution in [2.45, 2.75) is 6.54 Å². The molecule has 0 spiro atoms. The Labute approximate surface area is 151 Å². The van der Waals surface area contributed by atoms with Gasteiger partial charge in [0.15, 0.2) is 0 Å². The van der Waals surface area contributed by atoms with Crippen LogP contribution in [0.4, 0.5) is 5.69 Å². The number of halogens is 1. The van der Waals surface area contributed by atoms with Crippen LogP contribution in [0.25, 0.3) is 10.9 Å². The summed E-state index contributed by atoms with van der Waals surface area (Å²) >= 11 is 6.37. The number of piperazine rings is 1. The number of hydrogen-bond donors (Lipinski definition) is 1. The largest absolute Gasteiger partial charge is 0.505 e. The second-order valence-corrected chi connectivity index (χ2v) is 6.65. The first kappa shape index (κ1) is 16.1. The number of aromatic hydroxyl groups is 1. The van der Waals surface area contributed by atoms with E-state index in [0.717, 1.165) is 42.8 Å². The molecular formula is C19H19ClN4O. The van der Waals surface area contributed by atoms with E-state index >= 15 is 0 Å². The van der Waals surface area contributed by atoms with Gasteiger partial charge in [-0.25, -0.2) is 0 Å². The summed E-state index contributed by atoms with van der Waals surface area (Å²) in [6.07, 6.45) is 5.37. The molecule has 0 saturated carbocycles. The van der Waals surface area contributed by atoms with Crippen LogP contribution in [-0.2, 0) is 6.54 Å². The van der Waals surface area contributed by atoms with E-state index in [0.29, 0.717) is 17.1 Å². The number of fused-ring (bicyclic) bond motifs is 1. The zero-order valence-corrected chi connectivity index (χ0v) is 14.5. The predicted molar refractivity (Wildman–Crippen MR) is 100 cm³/mol. The van der Waals surface area contributed by atoms with Crippen LogP contribution in [0, 0.1) is 0 Å². The molecule has 1 aliphatic heterocycles. The Balaban J connectivity index is 1.49. The minimum Gasteiger partial charge on any atom is -0.505 e. The highest BCUT2D eigenvalue weighted by molar-refractivity contribution is 6.35. The van der Waals surface area contributed by atoms with Crippen molar-refractivity contribution in [1.29, 1.82) is 0 Å². The minimum atomic E-state index is 0.231. The summed E-state index contributed by atoms with van der Waals surface area (Å²) in [6, 6.07) is 9.60. The number of phenols is 1. The first-order valence-electron chi connectivity index (χ1n) is 8.35. The van der Waals surface area contributed by atoms with E-state index in [1.54, 1.807) is 12.4 Å². The number of phenolic OH excluding ortho intramolecular Hbond substituents is 1. The molecule has 128 valence electrons. The maximum Gasteiger partial charge on any atom is 0.146 e. The van der Waals surface area contributed by atoms with Gasteiger partial charge in [-0.2, -0.15) is 0 Å². The van der Waals surface area contributed by atoms with Gasteiger partial charge in [0.1, 0.15) is 11.3 Å². The first-order valence-corrected chi connectivity index (χ1v) is 8.72. The van der Waals surface area contributed by atoms with Gasteiger partial charge in [0.25, 0.3) is 0 Å². The summed E-state index contributed by atoms with van der Waals surface area (Å²) in [5.41, 5.74) is 2.55. The molecule has 0 radical (unpaired) electrons. The van der Waals surface area contributed by atoms with Crippen LogP contribution in [0.1, 0.15) is 5.56 Å². The zero-order valence-electron chi connectivity index (χ0n) is 13.8. The summed E-state index contributed by atoms with van der Waals surface area (Å²) < 4.78 is 0. The van der Waals surface area contributed by atoms with Crippen LogP contribution in [0.2, 0.25) is 5.02 Å². The summed E-state index contributed by atoms with van der Waals surface area (Å²) in [6.45, 7) is 4.38. The lowest BCUT2D eigenvalue weighted by Crippen LogP contribution is -2.46. The monoisotopic (exact) mass is 354 g/mol. The van der Waals surface area contributed by atoms with Crippen molar-refractivity contribution < 1.29 is 5.11 Å². The fourth-order valence-electron chi connectivity index (χ4n) is 3.30. The molecule has 2 aromatic heterocycles. The molecule has 0 aliphatic carbocycles. The van der Waals surface area contributed by atoms with Crippen LogP contribution in [0.3, 0.4) is 0 Å². The highest BCUT2D eigenvalue weighted by atomic mass is 35.5. The molecule has 4 rings (SSSR count). The molecule has 1 saturated heterocycles. The minimum absolute atomic E-state index is 0.231. The van der Waals surface area contributed by atoms with E-state index in [1.165, 1.54) is 0 Å². The molecule has 6 heteroatoms. The molecular weight excluding hydrogens is 336 g/mol. The smallest absolute Gasteiger partial charge is 0.146 e. The maximum absolute atomic E-state index is 10.6. The predicted octanol–water partition coefficient (Wildman–Crippen LogP) is 3.31. The molecule has 0 bridgehead atoms. The molecule has 5 nitrogen and oxygen atoms in total. The van der Waals surface area contributed by atoms with Crippen LogP contribution in [-0.4, -0.2) is 46.2 Å². The van der Waals surface area contributed by atoms with Crippen molar-refractivity contribution in [2.24, 2.45) is 0 Å². The van der Waals surface area contributed by atoms with Gasteiger partial charge in [-0.15, -0.1) is 0 Å². The van der Waals surface area contributed by atoms with E-state index in [9.17, 15) is 5.11 Å². The van der Waals surface area contributed by atoms with Crippen LogP contribution >= 0.6 is 11.6 Å². The Morgan fingerprint density at radius 3 is 2.64 bits per heavy atom. The zero-order chi connectivity index (χ0) is 17.2. The molecule has 0 unspecified atom stereocenters. The van der Waals surface area contributed by atoms with Gasteiger partial charge in [0, 0.05) is 56.1 Å². The normalized spacial score (nSPS) is 15.6. The van der Waals surface area contributed by atoms with Crippen molar-refractivity contribution in [2.75, 3.05) is 31.1 Å². The standard InChI is InChI=1S/C19H19ClN4O/c20-17-11-14(19(25)18-16(17)4-2-6-22-18)13-23-7-9-24(10-8-23)15-3-1-5-21-12-15/h1-6,11-12,25H,7-10,13H2. The summed E-state index contributed by atoms with van der Waals surface area (Å²) in [7, 11) is 0. The van der Waals surface area contributed by atoms with Crippen molar-refractivity contribution in [3.05, 3.63) is 59.5 Å². The SMILES string of the molecule is Oc1c(CN2CCN(c3cccnc3)CC2)cc(Cl)c2cccnc12. The quantitative estimate of drug-likeness (QED) is 0.782. The van der Waals surface area contributed by atoms with Crippen LogP contribution in [0.5, 0.6) is 5.75 Å². The Hall–Kier alpha value is -2.37. The lowest BCUT2D eigenvalue weighted by molar-refractivity contribution is 0.247. The molecule has 1 aliphatic rings. The van der Waals surface area contributed by atoms with Crippen LogP contribution < -0.4 is 4.90 Å². The lowest BCUT2D eigenvalue weighted by atomic mass is 10.1. The van der Waals surface area contributed by atoms with E-state index in [1.807, 2.05) is 30.5 Å². The molecule has 1 aromatic carbocycles. The molecule has 3 heterocycles. The van der Waals surface area contributed by atoms with Gasteiger partial charge in [0.2, 0.25) is 0 Å². The third-order valence-corrected chi connectivity index (χ3v) is 4.98. The van der Waals surface area contributed by atoms with Gasteiger partial charge in [-0.3, -0.25) is 14.9 Å². The van der Waals surface area contributed by atoms with Crippen molar-refractivity contribution in [1.82, 2.24) is 14.9 Å². The van der Waals surface area contributed by atoms with E-state index in [2.05, 4.69) is 25.8 Å². The number of nitrogens with zero attached hydrogens (tertiary/aromatic N) is 4. The van der Waals surface area contributed by atoms with Gasteiger partial charge in [-0.1, -0.05) is 11.6 Å². The molecule has 0 amide bonds. The fourth-order valence-corrected chi connectivity index (χ4v) is 3.59. The van der Waals surface area contributed by atoms with Crippen molar-refractivity contribution >= 4 is 28.2 Å². The van der Waals surface area contributed by atoms with E-state index < -0.39 is 0 Å². The topological polar surface area (TPSA) is 52.5 Å². The van der Waals surface area contributed by atoms with Crippen molar-refractivity contribution in [3.8, 4) is 5.75 Å². The van der Waals surface area contributed by atoms with Crippen LogP contribution in [0.15, 0.2) is 48.9 Å². The summed E-state index contributed by atoms with van der Waals surface area (Å²) in [4.78, 5) is 13.1. The number of hydrogen-bond acceptors (Lipinski definition) is 5. The Morgan fingerprint density at radius 2 is 1.88 bits per heavy atom. The second-order valence-electron chi connectivity index (χ2n) is 6.24. The van der Waals surface area contributed by atoms with Gasteiger partial charge in [0.05, 0.1) is 16.9 Å². The molecule has 3 aromatic rings. The Kier molecular flexibility index (Phi) is 4.42. The number of pyridine rings is 2. The lowest BCUT2D eigenvalue weighted by Gasteiger charge is -2.36. The fraction of sp³-hybridized carbons (Fsp3) is 0.263. The number of aromatic nitrogens is 2. The Morgan fingerprint density at radius 1 is 1.08 bits per heavy atom. The highest BCUT2D eigenvalue weighted by Crippen LogP contribution is 2.33. The average molecular weight is 355 g/mol. The van der Waals surface area contributed by atoms with Gasteiger partial charge in [-0.05, 0) is 30.3 Å². The third-order valence-electron chi connectivity index (χ3n) is 4.67. The van der Waals surface area contributed by atoms with Crippen molar-refractivity contribution in [3.63, 3.8) is 0 Å². The molecule has 1 fully saturated rings. The third kappa shape index (κ3) is 3.25. The van der Waals surface area contributed by atoms with E-state index in [-0.39, 0.29) is 5.75 Å². The van der Waals surface area contributed by atoms with E-state index in [4.69, 9.17) is 11.6 Å². The average Bonchev–Trinajstić information content (AvgIpc) is 2.67. The number of rotatable bonds is 3. The molecule has 25 heavy (non-hydrogen) atoms. The second kappa shape index (κ2) is 6.86. The molecule has 1 N–H and O–H groups in total. The number of anilines is 1. The highest BCUT2D eigenvalue weighted by Gasteiger charge is 2.20. The number of benzene rings is 1. The summed E-state index contributed by atoms with van der Waals surface area (Å²) in [5.74, 6) is 0.231. The summed E-state index contributed by atoms with van der Waals surface area (Å²) in [5, 5.41) is 12.0. The van der Waals surface area contributed by atoms with Gasteiger partial charge < -0.3 is 10.0 Å². The van der Waals surface area contributed by atoms with Gasteiger partial charge >= 0.3 is 0 Å². The maximum atomic E-state index is 10.6.